The van der Waals surface area contributed by atoms with Crippen LogP contribution in [-0.4, -0.2) is 11.5 Å². The summed E-state index contributed by atoms with van der Waals surface area (Å²) < 4.78 is 4.89. The van der Waals surface area contributed by atoms with Gasteiger partial charge in [-0.05, 0) is 17.5 Å². The average Bonchev–Trinajstić information content (AvgIpc) is 2.74. The number of rotatable bonds is 13. The minimum absolute atomic E-state index is 0.330. The molecular weight excluding hydrogens is 351 g/mol. The summed E-state index contributed by atoms with van der Waals surface area (Å²) in [6, 6.07) is 20.8. The van der Waals surface area contributed by atoms with Crippen LogP contribution in [0.3, 0.4) is 0 Å². The fraction of sp³-hybridized carbons (Fsp3) is 0.500. The predicted octanol–water partition coefficient (Wildman–Crippen LogP) is 7.78. The van der Waals surface area contributed by atoms with Crippen molar-refractivity contribution in [1.82, 2.24) is 0 Å². The van der Waals surface area contributed by atoms with Crippen molar-refractivity contribution in [2.24, 2.45) is 0 Å². The second kappa shape index (κ2) is 18.2. The third kappa shape index (κ3) is 13.6. The van der Waals surface area contributed by atoms with Crippen LogP contribution in [0.1, 0.15) is 71.1 Å². The van der Waals surface area contributed by atoms with Crippen molar-refractivity contribution in [1.29, 1.82) is 0 Å². The van der Waals surface area contributed by atoms with Crippen LogP contribution in [-0.2, 0) is 4.52 Å². The number of hydrogen-bond donors (Lipinski definition) is 1. The summed E-state index contributed by atoms with van der Waals surface area (Å²) in [4.78, 5) is 8.42. The molecule has 0 bridgehead atoms. The van der Waals surface area contributed by atoms with Crippen molar-refractivity contribution in [3.05, 3.63) is 60.7 Å². The zero-order chi connectivity index (χ0) is 19.4. The summed E-state index contributed by atoms with van der Waals surface area (Å²) in [5.74, 6) is 0. The van der Waals surface area contributed by atoms with Crippen LogP contribution in [0.15, 0.2) is 60.7 Å². The van der Waals surface area contributed by atoms with E-state index >= 15 is 0 Å². The van der Waals surface area contributed by atoms with Crippen molar-refractivity contribution >= 4 is 9.03 Å². The fourth-order valence-electron chi connectivity index (χ4n) is 2.97. The van der Waals surface area contributed by atoms with Gasteiger partial charge in [0.05, 0.1) is 6.61 Å². The molecule has 150 valence electrons. The highest BCUT2D eigenvalue weighted by atomic mass is 31.1. The summed E-state index contributed by atoms with van der Waals surface area (Å²) >= 11 is 0. The summed E-state index contributed by atoms with van der Waals surface area (Å²) in [5.41, 5.74) is 2.55. The molecule has 2 nitrogen and oxygen atoms in total. The maximum absolute atomic E-state index is 8.42. The van der Waals surface area contributed by atoms with E-state index in [0.29, 0.717) is 0 Å². The summed E-state index contributed by atoms with van der Waals surface area (Å²) in [6.45, 7) is 2.99. The summed E-state index contributed by atoms with van der Waals surface area (Å²) in [5, 5.41) is 0. The Hall–Kier alpha value is -1.21. The van der Waals surface area contributed by atoms with Crippen molar-refractivity contribution in [2.75, 3.05) is 6.61 Å². The molecule has 3 heteroatoms. The Morgan fingerprint density at radius 2 is 1.04 bits per heavy atom. The largest absolute Gasteiger partial charge is 0.352 e. The second-order valence-electron chi connectivity index (χ2n) is 6.85. The lowest BCUT2D eigenvalue weighted by Gasteiger charge is -2.02. The van der Waals surface area contributed by atoms with E-state index in [1.807, 2.05) is 12.1 Å². The fourth-order valence-corrected chi connectivity index (χ4v) is 3.20. The minimum Gasteiger partial charge on any atom is -0.352 e. The van der Waals surface area contributed by atoms with E-state index in [2.05, 4.69) is 55.5 Å². The number of hydrogen-bond acceptors (Lipinski definition) is 2. The van der Waals surface area contributed by atoms with Gasteiger partial charge in [-0.15, -0.1) is 0 Å². The van der Waals surface area contributed by atoms with E-state index in [1.54, 1.807) is 0 Å². The first kappa shape index (κ1) is 23.8. The normalized spacial score (nSPS) is 10.7. The Morgan fingerprint density at radius 1 is 0.630 bits per heavy atom. The Labute approximate surface area is 168 Å². The molecule has 27 heavy (non-hydrogen) atoms. The molecule has 0 spiro atoms. The quantitative estimate of drug-likeness (QED) is 0.280. The molecule has 0 saturated heterocycles. The average molecular weight is 389 g/mol. The van der Waals surface area contributed by atoms with Gasteiger partial charge in [0.2, 0.25) is 0 Å². The topological polar surface area (TPSA) is 29.5 Å². The first-order valence-electron chi connectivity index (χ1n) is 10.5. The van der Waals surface area contributed by atoms with Gasteiger partial charge in [0.15, 0.2) is 9.03 Å². The molecule has 0 amide bonds. The highest BCUT2D eigenvalue weighted by Gasteiger charge is 1.93. The maximum atomic E-state index is 8.42. The molecule has 0 aliphatic carbocycles. The van der Waals surface area contributed by atoms with Gasteiger partial charge in [-0.2, -0.15) is 0 Å². The summed E-state index contributed by atoms with van der Waals surface area (Å²) in [6.07, 6.45) is 13.4. The number of benzene rings is 2. The molecular formula is C24H37O2P. The zero-order valence-corrected chi connectivity index (χ0v) is 17.9. The van der Waals surface area contributed by atoms with E-state index in [0.717, 1.165) is 13.0 Å². The van der Waals surface area contributed by atoms with E-state index < -0.39 is 0 Å². The Bertz CT molecular complexity index is 481. The molecule has 2 aromatic carbocycles. The van der Waals surface area contributed by atoms with Crippen LogP contribution in [0.4, 0.5) is 0 Å². The zero-order valence-electron chi connectivity index (χ0n) is 16.9. The molecule has 2 rings (SSSR count). The van der Waals surface area contributed by atoms with E-state index in [4.69, 9.17) is 9.42 Å². The van der Waals surface area contributed by atoms with Gasteiger partial charge < -0.3 is 9.42 Å². The van der Waals surface area contributed by atoms with Crippen molar-refractivity contribution in [3.63, 3.8) is 0 Å². The van der Waals surface area contributed by atoms with Gasteiger partial charge in [0, 0.05) is 0 Å². The monoisotopic (exact) mass is 388 g/mol. The third-order valence-electron chi connectivity index (χ3n) is 4.55. The van der Waals surface area contributed by atoms with Crippen LogP contribution in [0.25, 0.3) is 11.1 Å². The SMILES string of the molecule is CCCCCCCCCCCCOPO.c1ccc(-c2ccccc2)cc1. The van der Waals surface area contributed by atoms with Crippen LogP contribution in [0.2, 0.25) is 0 Å². The van der Waals surface area contributed by atoms with Crippen molar-refractivity contribution < 1.29 is 9.42 Å². The lowest BCUT2D eigenvalue weighted by atomic mass is 10.1. The maximum Gasteiger partial charge on any atom is 0.152 e. The Kier molecular flexibility index (Phi) is 16.0. The molecule has 0 aliphatic heterocycles. The third-order valence-corrected chi connectivity index (χ3v) is 4.88. The summed E-state index contributed by atoms with van der Waals surface area (Å²) in [7, 11) is -0.330. The molecule has 0 radical (unpaired) electrons. The molecule has 1 atom stereocenters. The Balaban J connectivity index is 0.000000274. The van der Waals surface area contributed by atoms with Gasteiger partial charge in [-0.25, -0.2) is 0 Å². The van der Waals surface area contributed by atoms with Crippen LogP contribution in [0, 0.1) is 0 Å². The standard InChI is InChI=1S/C12H27O2P.C12H10/c1-2-3-4-5-6-7-8-9-10-11-12-14-15-13;1-3-7-11(8-4-1)12-9-5-2-6-10-12/h13,15H,2-12H2,1H3;1-10H. The molecule has 0 aliphatic rings. The van der Waals surface area contributed by atoms with Crippen LogP contribution in [0.5, 0.6) is 0 Å². The second-order valence-corrected chi connectivity index (χ2v) is 7.33. The molecule has 0 heterocycles. The smallest absolute Gasteiger partial charge is 0.152 e. The minimum atomic E-state index is -0.330. The predicted molar refractivity (Wildman–Crippen MR) is 120 cm³/mol. The van der Waals surface area contributed by atoms with E-state index in [9.17, 15) is 0 Å². The molecule has 2 aromatic rings. The first-order valence-corrected chi connectivity index (χ1v) is 11.4. The number of unbranched alkanes of at least 4 members (excludes halogenated alkanes) is 9. The van der Waals surface area contributed by atoms with E-state index in [-0.39, 0.29) is 9.03 Å². The van der Waals surface area contributed by atoms with Crippen molar-refractivity contribution in [2.45, 2.75) is 71.1 Å². The molecule has 0 fully saturated rings. The van der Waals surface area contributed by atoms with Gasteiger partial charge >= 0.3 is 0 Å². The van der Waals surface area contributed by atoms with Gasteiger partial charge in [-0.1, -0.05) is 125 Å². The highest BCUT2D eigenvalue weighted by Crippen LogP contribution is 2.17. The molecule has 0 aromatic heterocycles. The lowest BCUT2D eigenvalue weighted by Crippen LogP contribution is -1.86. The highest BCUT2D eigenvalue weighted by molar-refractivity contribution is 7.24. The van der Waals surface area contributed by atoms with Crippen LogP contribution >= 0.6 is 9.03 Å². The molecule has 1 unspecified atom stereocenters. The lowest BCUT2D eigenvalue weighted by molar-refractivity contribution is 0.313. The van der Waals surface area contributed by atoms with Gasteiger partial charge in [0.25, 0.3) is 0 Å². The molecule has 0 saturated carbocycles. The van der Waals surface area contributed by atoms with Gasteiger partial charge in [-0.3, -0.25) is 0 Å². The van der Waals surface area contributed by atoms with Crippen LogP contribution < -0.4 is 0 Å². The molecule has 1 N–H and O–H groups in total. The Morgan fingerprint density at radius 3 is 1.44 bits per heavy atom. The first-order chi connectivity index (χ1) is 13.4. The van der Waals surface area contributed by atoms with Gasteiger partial charge in [0.1, 0.15) is 0 Å². The van der Waals surface area contributed by atoms with Crippen molar-refractivity contribution in [3.8, 4) is 11.1 Å². The van der Waals surface area contributed by atoms with E-state index in [1.165, 1.54) is 68.9 Å².